The van der Waals surface area contributed by atoms with Gasteiger partial charge in [0.05, 0.1) is 5.69 Å². The van der Waals surface area contributed by atoms with E-state index in [4.69, 9.17) is 0 Å². The van der Waals surface area contributed by atoms with Crippen molar-refractivity contribution < 1.29 is 9.18 Å². The molecular weight excluding hydrogens is 391 g/mol. The summed E-state index contributed by atoms with van der Waals surface area (Å²) in [6.45, 7) is 3.98. The predicted molar refractivity (Wildman–Crippen MR) is 121 cm³/mol. The molecule has 31 heavy (non-hydrogen) atoms. The molecule has 2 N–H and O–H groups in total. The van der Waals surface area contributed by atoms with E-state index in [9.17, 15) is 14.4 Å². The first-order chi connectivity index (χ1) is 15.1. The zero-order valence-electron chi connectivity index (χ0n) is 17.5. The lowest BCUT2D eigenvalue weighted by Crippen LogP contribution is -2.26. The van der Waals surface area contributed by atoms with Gasteiger partial charge in [0, 0.05) is 36.7 Å². The Hall–Kier alpha value is -3.59. The highest BCUT2D eigenvalue weighted by Gasteiger charge is 2.18. The fourth-order valence-electron chi connectivity index (χ4n) is 4.09. The Balaban J connectivity index is 1.44. The number of para-hydroxylation sites is 1. The van der Waals surface area contributed by atoms with E-state index in [1.54, 1.807) is 6.07 Å². The Labute approximate surface area is 181 Å². The molecule has 1 saturated heterocycles. The Kier molecular flexibility index (Phi) is 6.03. The van der Waals surface area contributed by atoms with Crippen LogP contribution in [0.25, 0.3) is 17.0 Å². The monoisotopic (exact) mass is 416 g/mol. The van der Waals surface area contributed by atoms with E-state index in [1.165, 1.54) is 12.1 Å². The Bertz CT molecular complexity index is 1180. The summed E-state index contributed by atoms with van der Waals surface area (Å²) in [6, 6.07) is 13.2. The number of fused-ring (bicyclic) bond motifs is 1. The molecule has 1 amide bonds. The smallest absolute Gasteiger partial charge is 0.261 e. The fourth-order valence-corrected chi connectivity index (χ4v) is 4.09. The number of anilines is 1. The molecule has 0 saturated carbocycles. The molecule has 5 nitrogen and oxygen atoms in total. The van der Waals surface area contributed by atoms with E-state index in [-0.39, 0.29) is 11.4 Å². The summed E-state index contributed by atoms with van der Waals surface area (Å²) in [5.74, 6) is -0.776. The van der Waals surface area contributed by atoms with Crippen LogP contribution in [0, 0.1) is 24.1 Å². The van der Waals surface area contributed by atoms with Crippen LogP contribution in [0.4, 0.5) is 10.1 Å². The van der Waals surface area contributed by atoms with E-state index in [1.807, 2.05) is 48.4 Å². The molecule has 2 heterocycles. The second-order valence-corrected chi connectivity index (χ2v) is 7.89. The standard InChI is InChI=1S/C25H25FN4O/c1-17-12-24(30-10-4-5-11-30)22(26)14-19(17)13-20(15-27)25(31)28-9-8-18-16-29-23-7-3-2-6-21(18)23/h2-3,6-7,12-14,16,29H,4-5,8-11H2,1H3,(H,28,31). The molecule has 0 atom stereocenters. The number of hydrogen-bond donors (Lipinski definition) is 2. The number of carbonyl (C=O) groups excluding carboxylic acids is 1. The number of halogens is 1. The number of nitriles is 1. The van der Waals surface area contributed by atoms with E-state index in [2.05, 4.69) is 10.3 Å². The van der Waals surface area contributed by atoms with Crippen LogP contribution in [0.3, 0.4) is 0 Å². The molecule has 1 aliphatic rings. The SMILES string of the molecule is Cc1cc(N2CCCC2)c(F)cc1C=C(C#N)C(=O)NCCc1c[nH]c2ccccc12. The van der Waals surface area contributed by atoms with Gasteiger partial charge in [-0.25, -0.2) is 4.39 Å². The van der Waals surface area contributed by atoms with Gasteiger partial charge in [-0.1, -0.05) is 18.2 Å². The van der Waals surface area contributed by atoms with E-state index in [0.29, 0.717) is 24.2 Å². The summed E-state index contributed by atoms with van der Waals surface area (Å²) < 4.78 is 14.7. The summed E-state index contributed by atoms with van der Waals surface area (Å²) >= 11 is 0. The molecule has 0 bridgehead atoms. The van der Waals surface area contributed by atoms with Crippen molar-refractivity contribution in [2.24, 2.45) is 0 Å². The summed E-state index contributed by atoms with van der Waals surface area (Å²) in [5.41, 5.74) is 4.10. The van der Waals surface area contributed by atoms with Crippen molar-refractivity contribution in [1.82, 2.24) is 10.3 Å². The van der Waals surface area contributed by atoms with Crippen LogP contribution in [0.5, 0.6) is 0 Å². The molecule has 6 heteroatoms. The van der Waals surface area contributed by atoms with Crippen LogP contribution in [0.1, 0.15) is 29.5 Å². The van der Waals surface area contributed by atoms with Crippen LogP contribution in [-0.4, -0.2) is 30.5 Å². The second kappa shape index (κ2) is 9.05. The number of amides is 1. The van der Waals surface area contributed by atoms with Crippen molar-refractivity contribution in [3.63, 3.8) is 0 Å². The first kappa shape index (κ1) is 20.7. The molecule has 0 radical (unpaired) electrons. The minimum Gasteiger partial charge on any atom is -0.369 e. The Morgan fingerprint density at radius 1 is 1.29 bits per heavy atom. The van der Waals surface area contributed by atoms with Crippen LogP contribution < -0.4 is 10.2 Å². The molecule has 2 aromatic carbocycles. The van der Waals surface area contributed by atoms with Gasteiger partial charge in [0.25, 0.3) is 5.91 Å². The van der Waals surface area contributed by atoms with Gasteiger partial charge in [-0.05, 0) is 67.2 Å². The summed E-state index contributed by atoms with van der Waals surface area (Å²) in [6.07, 6.45) is 6.18. The lowest BCUT2D eigenvalue weighted by atomic mass is 10.0. The van der Waals surface area contributed by atoms with Crippen LogP contribution >= 0.6 is 0 Å². The summed E-state index contributed by atoms with van der Waals surface area (Å²) in [4.78, 5) is 17.8. The fraction of sp³-hybridized carbons (Fsp3) is 0.280. The van der Waals surface area contributed by atoms with Gasteiger partial charge in [-0.2, -0.15) is 5.26 Å². The maximum atomic E-state index is 14.7. The molecule has 3 aromatic rings. The third-order valence-electron chi connectivity index (χ3n) is 5.80. The van der Waals surface area contributed by atoms with E-state index < -0.39 is 5.91 Å². The molecule has 1 aromatic heterocycles. The Morgan fingerprint density at radius 3 is 2.84 bits per heavy atom. The number of aromatic nitrogens is 1. The van der Waals surface area contributed by atoms with Crippen molar-refractivity contribution in [2.75, 3.05) is 24.5 Å². The second-order valence-electron chi connectivity index (χ2n) is 7.89. The van der Waals surface area contributed by atoms with Gasteiger partial charge in [-0.15, -0.1) is 0 Å². The van der Waals surface area contributed by atoms with Gasteiger partial charge >= 0.3 is 0 Å². The highest BCUT2D eigenvalue weighted by Crippen LogP contribution is 2.28. The number of nitrogens with zero attached hydrogens (tertiary/aromatic N) is 2. The summed E-state index contributed by atoms with van der Waals surface area (Å²) in [7, 11) is 0. The van der Waals surface area contributed by atoms with E-state index in [0.717, 1.165) is 48.0 Å². The topological polar surface area (TPSA) is 71.9 Å². The van der Waals surface area contributed by atoms with Gasteiger partial charge in [0.2, 0.25) is 0 Å². The van der Waals surface area contributed by atoms with Crippen LogP contribution in [-0.2, 0) is 11.2 Å². The number of aryl methyl sites for hydroxylation is 1. The maximum absolute atomic E-state index is 14.7. The first-order valence-corrected chi connectivity index (χ1v) is 10.6. The zero-order chi connectivity index (χ0) is 21.8. The van der Waals surface area contributed by atoms with Crippen LogP contribution in [0.15, 0.2) is 48.2 Å². The van der Waals surface area contributed by atoms with Crippen molar-refractivity contribution in [3.8, 4) is 6.07 Å². The number of H-pyrrole nitrogens is 1. The number of aromatic amines is 1. The highest BCUT2D eigenvalue weighted by atomic mass is 19.1. The average molecular weight is 417 g/mol. The maximum Gasteiger partial charge on any atom is 0.261 e. The van der Waals surface area contributed by atoms with Gasteiger partial charge < -0.3 is 15.2 Å². The quantitative estimate of drug-likeness (QED) is 0.460. The molecule has 1 fully saturated rings. The first-order valence-electron chi connectivity index (χ1n) is 10.6. The average Bonchev–Trinajstić information content (AvgIpc) is 3.44. The van der Waals surface area contributed by atoms with Gasteiger partial charge in [0.1, 0.15) is 17.5 Å². The van der Waals surface area contributed by atoms with Gasteiger partial charge in [0.15, 0.2) is 0 Å². The highest BCUT2D eigenvalue weighted by molar-refractivity contribution is 6.01. The van der Waals surface area contributed by atoms with E-state index >= 15 is 0 Å². The van der Waals surface area contributed by atoms with Crippen LogP contribution in [0.2, 0.25) is 0 Å². The summed E-state index contributed by atoms with van der Waals surface area (Å²) in [5, 5.41) is 13.4. The number of rotatable bonds is 6. The van der Waals surface area contributed by atoms with Crippen molar-refractivity contribution in [2.45, 2.75) is 26.2 Å². The molecule has 0 unspecified atom stereocenters. The normalized spacial score (nSPS) is 14.1. The van der Waals surface area contributed by atoms with Crippen molar-refractivity contribution in [1.29, 1.82) is 5.26 Å². The lowest BCUT2D eigenvalue weighted by Gasteiger charge is -2.19. The molecule has 1 aliphatic heterocycles. The number of nitrogens with one attached hydrogen (secondary N) is 2. The predicted octanol–water partition coefficient (Wildman–Crippen LogP) is 4.48. The lowest BCUT2D eigenvalue weighted by molar-refractivity contribution is -0.117. The largest absolute Gasteiger partial charge is 0.369 e. The zero-order valence-corrected chi connectivity index (χ0v) is 17.5. The molecule has 0 spiro atoms. The van der Waals surface area contributed by atoms with Gasteiger partial charge in [-0.3, -0.25) is 4.79 Å². The number of carbonyl (C=O) groups is 1. The third kappa shape index (κ3) is 4.46. The number of benzene rings is 2. The Morgan fingerprint density at radius 2 is 2.06 bits per heavy atom. The molecule has 4 rings (SSSR count). The minimum atomic E-state index is -0.453. The molecular formula is C25H25FN4O. The van der Waals surface area contributed by atoms with Crippen molar-refractivity contribution >= 4 is 28.6 Å². The number of hydrogen-bond acceptors (Lipinski definition) is 3. The van der Waals surface area contributed by atoms with Crippen molar-refractivity contribution in [3.05, 3.63) is 70.7 Å². The molecule has 0 aliphatic carbocycles. The third-order valence-corrected chi connectivity index (χ3v) is 5.80. The molecule has 158 valence electrons. The minimum absolute atomic E-state index is 0.0321.